The lowest BCUT2D eigenvalue weighted by atomic mass is 9.60. The minimum atomic E-state index is -0.257. The number of piperazine rings is 1. The van der Waals surface area contributed by atoms with Gasteiger partial charge >= 0.3 is 6.03 Å². The van der Waals surface area contributed by atoms with Gasteiger partial charge in [-0.3, -0.25) is 4.90 Å². The van der Waals surface area contributed by atoms with Crippen LogP contribution in [0.3, 0.4) is 0 Å². The number of carbonyl (C=O) groups excluding carboxylic acids is 2. The molecule has 6 fully saturated rings. The second-order valence-electron chi connectivity index (χ2n) is 19.8. The highest BCUT2D eigenvalue weighted by molar-refractivity contribution is 5.94. The molecule has 8 N–H and O–H groups in total. The number of urea groups is 1. The summed E-state index contributed by atoms with van der Waals surface area (Å²) in [5.74, 6) is 0.449. The highest BCUT2D eigenvalue weighted by Gasteiger charge is 2.49. The molecule has 1 saturated carbocycles. The fourth-order valence-electron chi connectivity index (χ4n) is 12.3. The monoisotopic (exact) mass is 902 g/mol. The number of benzene rings is 2. The number of phenols is 1. The number of piperidine rings is 1. The number of amides is 2. The van der Waals surface area contributed by atoms with E-state index in [2.05, 4.69) is 42.6 Å². The van der Waals surface area contributed by atoms with Crippen LogP contribution in [-0.2, 0) is 9.53 Å². The van der Waals surface area contributed by atoms with Crippen molar-refractivity contribution in [2.75, 3.05) is 74.1 Å². The summed E-state index contributed by atoms with van der Waals surface area (Å²) in [5.41, 5.74) is 25.3. The summed E-state index contributed by atoms with van der Waals surface area (Å²) in [4.78, 5) is 39.5. The van der Waals surface area contributed by atoms with Crippen LogP contribution >= 0.6 is 0 Å². The van der Waals surface area contributed by atoms with Crippen molar-refractivity contribution in [1.29, 1.82) is 0 Å². The number of aromatic nitrogens is 2. The van der Waals surface area contributed by atoms with Crippen molar-refractivity contribution in [1.82, 2.24) is 24.7 Å². The van der Waals surface area contributed by atoms with E-state index in [1.54, 1.807) is 48.5 Å². The highest BCUT2D eigenvalue weighted by Crippen LogP contribution is 2.55. The molecule has 5 atom stereocenters. The Labute approximate surface area is 386 Å². The number of nitrogens with zero attached hydrogens (tertiary/aromatic N) is 7. The average Bonchev–Trinajstić information content (AvgIpc) is 4.03. The summed E-state index contributed by atoms with van der Waals surface area (Å²) in [6.45, 7) is 8.37. The van der Waals surface area contributed by atoms with E-state index in [-0.39, 0.29) is 54.1 Å². The minimum absolute atomic E-state index is 0.0962. The summed E-state index contributed by atoms with van der Waals surface area (Å²) in [7, 11) is 1.59. The number of aldehydes is 1. The first kappa shape index (κ1) is 43.9. The van der Waals surface area contributed by atoms with E-state index >= 15 is 4.39 Å². The van der Waals surface area contributed by atoms with Gasteiger partial charge in [0.15, 0.2) is 0 Å². The number of nitrogens with one attached hydrogen (secondary N) is 1. The van der Waals surface area contributed by atoms with Gasteiger partial charge in [0.05, 0.1) is 35.5 Å². The molecule has 2 aromatic carbocycles. The fourth-order valence-corrected chi connectivity index (χ4v) is 12.3. The van der Waals surface area contributed by atoms with Crippen molar-refractivity contribution in [3.8, 4) is 5.75 Å². The largest absolute Gasteiger partial charge is 0.507 e. The fraction of sp³-hybridized carbons (Fsp3) is 0.500. The zero-order chi connectivity index (χ0) is 45.9. The molecule has 7 heterocycles. The lowest BCUT2D eigenvalue weighted by Crippen LogP contribution is -2.54. The van der Waals surface area contributed by atoms with E-state index in [0.717, 1.165) is 86.9 Å². The Morgan fingerprint density at radius 3 is 2.48 bits per heavy atom. The SMILES string of the molecule is CNC(=O)N(CCC=O)c1cnc2c(c1)c(C)cn2C1CC2(CCN(CC3CC4CN(c5cc(N6C7CCC6CN(C(/C=C(\N)c6ccccc6O)=C(N)N)C7)ccc5F)CC4O3)CC2)C1. The predicted molar refractivity (Wildman–Crippen MR) is 255 cm³/mol. The summed E-state index contributed by atoms with van der Waals surface area (Å²) < 4.78 is 24.8. The van der Waals surface area contributed by atoms with Gasteiger partial charge in [-0.05, 0) is 118 Å². The maximum absolute atomic E-state index is 15.7. The van der Waals surface area contributed by atoms with Gasteiger partial charge in [0.1, 0.15) is 29.3 Å². The van der Waals surface area contributed by atoms with Gasteiger partial charge in [0.2, 0.25) is 0 Å². The summed E-state index contributed by atoms with van der Waals surface area (Å²) in [6, 6.07) is 15.1. The molecular weight excluding hydrogens is 838 g/mol. The molecule has 4 aromatic rings. The number of aryl methyl sites for hydroxylation is 1. The third kappa shape index (κ3) is 8.16. The molecule has 5 aliphatic heterocycles. The van der Waals surface area contributed by atoms with Crippen LogP contribution in [0.25, 0.3) is 16.7 Å². The van der Waals surface area contributed by atoms with Crippen LogP contribution < -0.4 is 37.2 Å². The molecule has 1 spiro atoms. The lowest BCUT2D eigenvalue weighted by molar-refractivity contribution is -0.107. The second-order valence-corrected chi connectivity index (χ2v) is 19.8. The van der Waals surface area contributed by atoms with Gasteiger partial charge in [-0.1, -0.05) is 12.1 Å². The van der Waals surface area contributed by atoms with Crippen molar-refractivity contribution >= 4 is 46.1 Å². The number of hydrogen-bond acceptors (Lipinski definition) is 12. The summed E-state index contributed by atoms with van der Waals surface area (Å²) >= 11 is 0. The number of hydrogen-bond donors (Lipinski definition) is 5. The van der Waals surface area contributed by atoms with Crippen molar-refractivity contribution in [3.63, 3.8) is 0 Å². The normalized spacial score (nSPS) is 25.0. The van der Waals surface area contributed by atoms with Crippen molar-refractivity contribution in [3.05, 3.63) is 95.5 Å². The summed E-state index contributed by atoms with van der Waals surface area (Å²) in [6.07, 6.45) is 14.7. The van der Waals surface area contributed by atoms with Gasteiger partial charge in [-0.15, -0.1) is 0 Å². The Bertz CT molecular complexity index is 2510. The topological polar surface area (TPSA) is 188 Å². The molecule has 2 amide bonds. The van der Waals surface area contributed by atoms with Crippen LogP contribution in [0, 0.1) is 24.1 Å². The number of para-hydroxylation sites is 1. The van der Waals surface area contributed by atoms with Crippen LogP contribution in [-0.4, -0.2) is 120 Å². The van der Waals surface area contributed by atoms with Crippen LogP contribution in [0.4, 0.5) is 26.2 Å². The standard InChI is InChI=1S/C50H64FN11O4/c1-31-25-61(48-40(31)19-36(24-56-48)60(14-5-17-63)49(65)55-2)37-22-50(23-37)12-15-57(16-13-50)29-38-18-32-26-58(30-46(32)66-38)43-20-33(10-11-41(43)51)62-34-8-9-35(62)28-59(27-34)44(47(53)54)21-42(52)39-6-3-4-7-45(39)64/h3-4,6-7,10-11,17,19-21,24-25,32,34-35,37-38,46,64H,5,8-9,12-16,18,22-23,26-30,52-54H2,1-2H3,(H,55,65)/b42-21-. The van der Waals surface area contributed by atoms with Gasteiger partial charge in [-0.25, -0.2) is 14.2 Å². The van der Waals surface area contributed by atoms with Crippen molar-refractivity contribution < 1.29 is 23.8 Å². The minimum Gasteiger partial charge on any atom is -0.507 e. The number of halogens is 1. The lowest BCUT2D eigenvalue weighted by Gasteiger charge is -2.53. The molecule has 15 nitrogen and oxygen atoms in total. The van der Waals surface area contributed by atoms with E-state index in [1.165, 1.54) is 12.8 Å². The number of aromatic hydroxyl groups is 1. The molecule has 6 aliphatic rings. The van der Waals surface area contributed by atoms with Crippen LogP contribution in [0.1, 0.15) is 68.5 Å². The number of allylic oxidation sites excluding steroid dienone is 1. The molecule has 66 heavy (non-hydrogen) atoms. The molecule has 10 rings (SSSR count). The number of fused-ring (bicyclic) bond motifs is 4. The number of anilines is 3. The van der Waals surface area contributed by atoms with Gasteiger partial charge in [0.25, 0.3) is 0 Å². The first-order valence-corrected chi connectivity index (χ1v) is 23.8. The quantitative estimate of drug-likeness (QED) is 0.0905. The number of likely N-dealkylation sites (tertiary alicyclic amines) is 2. The molecule has 2 aromatic heterocycles. The van der Waals surface area contributed by atoms with Gasteiger partial charge in [0, 0.05) is 105 Å². The van der Waals surface area contributed by atoms with Gasteiger partial charge < -0.3 is 61.3 Å². The molecule has 5 saturated heterocycles. The van der Waals surface area contributed by atoms with E-state index < -0.39 is 0 Å². The smallest absolute Gasteiger partial charge is 0.321 e. The maximum atomic E-state index is 15.7. The second kappa shape index (κ2) is 17.7. The molecular formula is C50H64FN11O4. The molecule has 2 bridgehead atoms. The zero-order valence-corrected chi connectivity index (χ0v) is 38.1. The summed E-state index contributed by atoms with van der Waals surface area (Å²) in [5, 5.41) is 14.1. The third-order valence-corrected chi connectivity index (χ3v) is 15.7. The first-order chi connectivity index (χ1) is 31.9. The molecule has 16 heteroatoms. The Hall–Kier alpha value is -6.00. The highest BCUT2D eigenvalue weighted by atomic mass is 19.1. The number of rotatable bonds is 12. The van der Waals surface area contributed by atoms with E-state index in [1.807, 2.05) is 24.3 Å². The Morgan fingerprint density at radius 2 is 1.79 bits per heavy atom. The third-order valence-electron chi connectivity index (χ3n) is 15.7. The number of phenolic OH excluding ortho intramolecular Hbond substituents is 1. The van der Waals surface area contributed by atoms with Crippen LogP contribution in [0.15, 0.2) is 78.5 Å². The van der Waals surface area contributed by atoms with Gasteiger partial charge in [-0.2, -0.15) is 0 Å². The maximum Gasteiger partial charge on any atom is 0.321 e. The first-order valence-electron chi connectivity index (χ1n) is 23.8. The van der Waals surface area contributed by atoms with Crippen LogP contribution in [0.5, 0.6) is 5.75 Å². The molecule has 5 unspecified atom stereocenters. The zero-order valence-electron chi connectivity index (χ0n) is 38.1. The van der Waals surface area contributed by atoms with E-state index in [4.69, 9.17) is 26.9 Å². The molecule has 0 radical (unpaired) electrons. The Morgan fingerprint density at radius 1 is 1.03 bits per heavy atom. The predicted octanol–water partition coefficient (Wildman–Crippen LogP) is 5.37. The van der Waals surface area contributed by atoms with Crippen molar-refractivity contribution in [2.24, 2.45) is 28.5 Å². The Balaban J connectivity index is 0.714. The molecule has 350 valence electrons. The van der Waals surface area contributed by atoms with E-state index in [0.29, 0.717) is 71.9 Å². The average molecular weight is 902 g/mol. The molecule has 1 aliphatic carbocycles. The van der Waals surface area contributed by atoms with Crippen LogP contribution in [0.2, 0.25) is 0 Å². The number of ether oxygens (including phenoxy) is 1. The number of pyridine rings is 1. The van der Waals surface area contributed by atoms with Crippen molar-refractivity contribution in [2.45, 2.75) is 88.6 Å². The Kier molecular flexibility index (Phi) is 11.7. The van der Waals surface area contributed by atoms with E-state index in [9.17, 15) is 14.7 Å². The number of nitrogens with two attached hydrogens (primary N) is 3. The number of carbonyl (C=O) groups is 2.